The number of aryl methyl sites for hydroxylation is 1. The lowest BCUT2D eigenvalue weighted by atomic mass is 10.4. The van der Waals surface area contributed by atoms with Crippen molar-refractivity contribution in [2.75, 3.05) is 19.6 Å². The molecule has 0 unspecified atom stereocenters. The molecule has 0 aromatic carbocycles. The largest absolute Gasteiger partial charge is 0.541 e. The third kappa shape index (κ3) is 6.13. The number of carboxylic acids is 1. The van der Waals surface area contributed by atoms with Crippen LogP contribution in [0.3, 0.4) is 0 Å². The van der Waals surface area contributed by atoms with E-state index in [9.17, 15) is 9.90 Å². The molecule has 9 nitrogen and oxygen atoms in total. The maximum Gasteiger partial charge on any atom is 0.243 e. The van der Waals surface area contributed by atoms with Gasteiger partial charge in [-0.25, -0.2) is 9.13 Å². The Kier molecular flexibility index (Phi) is 7.02. The minimum atomic E-state index is -1.43. The summed E-state index contributed by atoms with van der Waals surface area (Å²) in [4.78, 5) is 12.2. The average Bonchev–Trinajstić information content (AvgIpc) is 3.12. The van der Waals surface area contributed by atoms with Crippen molar-refractivity contribution in [2.24, 2.45) is 7.05 Å². The van der Waals surface area contributed by atoms with Crippen LogP contribution in [-0.4, -0.2) is 55.7 Å². The zero-order valence-corrected chi connectivity index (χ0v) is 12.6. The number of likely N-dealkylation sites (N-methyl/N-ethyl adjacent to an activating group) is 1. The van der Waals surface area contributed by atoms with Gasteiger partial charge in [-0.1, -0.05) is 13.8 Å². The summed E-state index contributed by atoms with van der Waals surface area (Å²) in [6, 6.07) is 0. The van der Waals surface area contributed by atoms with Crippen LogP contribution < -0.4 is 9.67 Å². The highest BCUT2D eigenvalue weighted by atomic mass is 16.4. The van der Waals surface area contributed by atoms with Gasteiger partial charge in [0, 0.05) is 6.54 Å². The van der Waals surface area contributed by atoms with E-state index in [1.807, 2.05) is 12.3 Å². The highest BCUT2D eigenvalue weighted by molar-refractivity contribution is 5.80. The smallest absolute Gasteiger partial charge is 0.243 e. The molecule has 0 aliphatic rings. The molecule has 2 aromatic heterocycles. The number of hydrogen-bond acceptors (Lipinski definition) is 6. The van der Waals surface area contributed by atoms with Crippen molar-refractivity contribution in [1.29, 1.82) is 0 Å². The maximum atomic E-state index is 9.77. The summed E-state index contributed by atoms with van der Waals surface area (Å²) in [6.45, 7) is 8.93. The molecule has 116 valence electrons. The predicted octanol–water partition coefficient (Wildman–Crippen LogP) is -1.78. The molecule has 0 amide bonds. The number of rotatable bonds is 6. The second-order valence-electron chi connectivity index (χ2n) is 4.37. The van der Waals surface area contributed by atoms with E-state index in [1.165, 1.54) is 0 Å². The van der Waals surface area contributed by atoms with Crippen molar-refractivity contribution in [3.05, 3.63) is 24.5 Å². The zero-order chi connectivity index (χ0) is 15.7. The number of aromatic nitrogens is 6. The standard InChI is InChI=1S/C10H20N3.C2H2N4O2/c1-4-12(5-2)8-9-13-7-6-11(3)10-13;7-2(8)1-3-5-6-4-1/h6-7,10H,4-5,8-9H2,1-3H3;(H,7,8)(H,3,4,5,6)/q+1;/p-1. The molecule has 0 bridgehead atoms. The number of imidazole rings is 1. The summed E-state index contributed by atoms with van der Waals surface area (Å²) in [6.07, 6.45) is 6.30. The Bertz CT molecular complexity index is 519. The number of tetrazole rings is 1. The molecule has 0 saturated heterocycles. The van der Waals surface area contributed by atoms with Gasteiger partial charge in [-0.05, 0) is 18.3 Å². The van der Waals surface area contributed by atoms with E-state index in [-0.39, 0.29) is 0 Å². The first-order chi connectivity index (χ1) is 10.1. The third-order valence-electron chi connectivity index (χ3n) is 2.92. The molecule has 0 aliphatic carbocycles. The first kappa shape index (κ1) is 16.8. The molecule has 9 heteroatoms. The number of carbonyl (C=O) groups is 1. The summed E-state index contributed by atoms with van der Waals surface area (Å²) >= 11 is 0. The first-order valence-corrected chi connectivity index (χ1v) is 6.75. The van der Waals surface area contributed by atoms with Gasteiger partial charge in [-0.2, -0.15) is 5.21 Å². The monoisotopic (exact) mass is 295 g/mol. The Morgan fingerprint density at radius 1 is 1.48 bits per heavy atom. The SMILES string of the molecule is CCN(CC)CCn1cc[n+](C)c1.O=C([O-])c1nn[nH]n1. The van der Waals surface area contributed by atoms with E-state index in [0.717, 1.165) is 26.2 Å². The molecule has 2 aromatic rings. The summed E-state index contributed by atoms with van der Waals surface area (Å²) in [5, 5.41) is 20.9. The molecule has 0 spiro atoms. The molecule has 0 fully saturated rings. The molecule has 21 heavy (non-hydrogen) atoms. The average molecular weight is 295 g/mol. The second-order valence-corrected chi connectivity index (χ2v) is 4.37. The minimum Gasteiger partial charge on any atom is -0.541 e. The Hall–Kier alpha value is -2.29. The quantitative estimate of drug-likeness (QED) is 0.631. The molecule has 1 N–H and O–H groups in total. The third-order valence-corrected chi connectivity index (χ3v) is 2.92. The second kappa shape index (κ2) is 8.80. The zero-order valence-electron chi connectivity index (χ0n) is 12.6. The highest BCUT2D eigenvalue weighted by Gasteiger charge is 2.03. The van der Waals surface area contributed by atoms with Crippen molar-refractivity contribution in [2.45, 2.75) is 20.4 Å². The van der Waals surface area contributed by atoms with Crippen LogP contribution >= 0.6 is 0 Å². The lowest BCUT2D eigenvalue weighted by Gasteiger charge is -2.15. The van der Waals surface area contributed by atoms with Crippen molar-refractivity contribution >= 4 is 5.97 Å². The summed E-state index contributed by atoms with van der Waals surface area (Å²) in [7, 11) is 2.05. The van der Waals surface area contributed by atoms with Crippen LogP contribution in [0.15, 0.2) is 18.7 Å². The van der Waals surface area contributed by atoms with Gasteiger partial charge in [0.1, 0.15) is 24.9 Å². The van der Waals surface area contributed by atoms with Crippen LogP contribution in [0.2, 0.25) is 0 Å². The Labute approximate surface area is 123 Å². The number of nitrogens with one attached hydrogen (secondary N) is 1. The van der Waals surface area contributed by atoms with Crippen molar-refractivity contribution in [3.63, 3.8) is 0 Å². The molecule has 0 aliphatic heterocycles. The maximum absolute atomic E-state index is 9.77. The molecule has 0 saturated carbocycles. The van der Waals surface area contributed by atoms with Gasteiger partial charge < -0.3 is 9.90 Å². The van der Waals surface area contributed by atoms with E-state index < -0.39 is 11.8 Å². The lowest BCUT2D eigenvalue weighted by Crippen LogP contribution is -2.28. The van der Waals surface area contributed by atoms with Gasteiger partial charge in [0.25, 0.3) is 0 Å². The predicted molar refractivity (Wildman–Crippen MR) is 71.9 cm³/mol. The van der Waals surface area contributed by atoms with E-state index >= 15 is 0 Å². The van der Waals surface area contributed by atoms with Crippen LogP contribution in [0.5, 0.6) is 0 Å². The van der Waals surface area contributed by atoms with Crippen LogP contribution in [0.1, 0.15) is 24.5 Å². The van der Waals surface area contributed by atoms with E-state index in [1.54, 1.807) is 0 Å². The number of carbonyl (C=O) groups excluding carboxylic acids is 1. The number of aromatic amines is 1. The molecule has 0 atom stereocenters. The Morgan fingerprint density at radius 2 is 2.19 bits per heavy atom. The molecular formula is C12H21N7O2. The van der Waals surface area contributed by atoms with Crippen LogP contribution in [0.4, 0.5) is 0 Å². The fraction of sp³-hybridized carbons (Fsp3) is 0.583. The highest BCUT2D eigenvalue weighted by Crippen LogP contribution is 1.90. The van der Waals surface area contributed by atoms with Gasteiger partial charge in [-0.3, -0.25) is 4.90 Å². The van der Waals surface area contributed by atoms with Gasteiger partial charge in [0.2, 0.25) is 12.2 Å². The molecule has 0 radical (unpaired) electrons. The van der Waals surface area contributed by atoms with Gasteiger partial charge >= 0.3 is 0 Å². The van der Waals surface area contributed by atoms with Gasteiger partial charge in [0.05, 0.1) is 7.05 Å². The van der Waals surface area contributed by atoms with E-state index in [4.69, 9.17) is 0 Å². The topological polar surface area (TPSA) is 107 Å². The number of hydrogen-bond donors (Lipinski definition) is 1. The fourth-order valence-electron chi connectivity index (χ4n) is 1.68. The Morgan fingerprint density at radius 3 is 2.57 bits per heavy atom. The molecule has 2 rings (SSSR count). The number of aromatic carboxylic acids is 1. The number of nitrogens with zero attached hydrogens (tertiary/aromatic N) is 6. The Balaban J connectivity index is 0.000000235. The molecule has 2 heterocycles. The van der Waals surface area contributed by atoms with Crippen LogP contribution in [-0.2, 0) is 13.6 Å². The normalized spacial score (nSPS) is 10.3. The lowest BCUT2D eigenvalue weighted by molar-refractivity contribution is -0.671. The number of carboxylic acid groups (broad SMARTS) is 1. The van der Waals surface area contributed by atoms with Crippen LogP contribution in [0, 0.1) is 0 Å². The van der Waals surface area contributed by atoms with E-state index in [0.29, 0.717) is 0 Å². The minimum absolute atomic E-state index is 0.426. The summed E-state index contributed by atoms with van der Waals surface area (Å²) < 4.78 is 4.29. The van der Waals surface area contributed by atoms with Crippen molar-refractivity contribution in [1.82, 2.24) is 30.1 Å². The van der Waals surface area contributed by atoms with Crippen molar-refractivity contribution < 1.29 is 14.5 Å². The summed E-state index contributed by atoms with van der Waals surface area (Å²) in [5.74, 6) is -1.86. The summed E-state index contributed by atoms with van der Waals surface area (Å²) in [5.41, 5.74) is 0. The van der Waals surface area contributed by atoms with Crippen molar-refractivity contribution in [3.8, 4) is 0 Å². The van der Waals surface area contributed by atoms with Crippen LogP contribution in [0.25, 0.3) is 0 Å². The number of H-pyrrole nitrogens is 1. The first-order valence-electron chi connectivity index (χ1n) is 6.75. The van der Waals surface area contributed by atoms with Gasteiger partial charge in [-0.15, -0.1) is 10.2 Å². The van der Waals surface area contributed by atoms with Gasteiger partial charge in [0.15, 0.2) is 0 Å². The van der Waals surface area contributed by atoms with E-state index in [2.05, 4.69) is 62.0 Å². The molecular weight excluding hydrogens is 274 g/mol. The fourth-order valence-corrected chi connectivity index (χ4v) is 1.68.